The molecule has 1 aromatic heterocycles. The van der Waals surface area contributed by atoms with Gasteiger partial charge in [0.1, 0.15) is 11.9 Å². The van der Waals surface area contributed by atoms with E-state index in [4.69, 9.17) is 23.2 Å². The number of hydrogen-bond acceptors (Lipinski definition) is 3. The predicted molar refractivity (Wildman–Crippen MR) is 99.2 cm³/mol. The standard InChI is InChI=1S/C19H15Cl2F3N2O2/c20-13-5-6-14(15(21)9-13)16(27)10-26-8-7-25-18(26)17(28)11-1-3-12(4-2-11)19(22,23)24/h1-9,16-17,27-28H,10H2. The zero-order valence-electron chi connectivity index (χ0n) is 14.2. The van der Waals surface area contributed by atoms with E-state index < -0.39 is 23.9 Å². The molecule has 0 bridgehead atoms. The van der Waals surface area contributed by atoms with Gasteiger partial charge in [0.25, 0.3) is 0 Å². The van der Waals surface area contributed by atoms with Gasteiger partial charge in [0.2, 0.25) is 0 Å². The lowest BCUT2D eigenvalue weighted by Gasteiger charge is -2.18. The van der Waals surface area contributed by atoms with Crippen LogP contribution in [-0.2, 0) is 12.7 Å². The Kier molecular flexibility index (Phi) is 6.00. The minimum absolute atomic E-state index is 0.0361. The van der Waals surface area contributed by atoms with Crippen LogP contribution in [0.1, 0.15) is 34.7 Å². The monoisotopic (exact) mass is 430 g/mol. The van der Waals surface area contributed by atoms with Gasteiger partial charge < -0.3 is 14.8 Å². The summed E-state index contributed by atoms with van der Waals surface area (Å²) in [4.78, 5) is 4.07. The lowest BCUT2D eigenvalue weighted by atomic mass is 10.1. The van der Waals surface area contributed by atoms with E-state index in [0.717, 1.165) is 12.1 Å². The molecule has 0 fully saturated rings. The first kappa shape index (κ1) is 20.7. The summed E-state index contributed by atoms with van der Waals surface area (Å²) in [5.74, 6) is 0.184. The van der Waals surface area contributed by atoms with Crippen LogP contribution < -0.4 is 0 Å². The molecule has 0 aliphatic rings. The maximum atomic E-state index is 12.7. The molecule has 4 nitrogen and oxygen atoms in total. The fourth-order valence-corrected chi connectivity index (χ4v) is 3.32. The zero-order valence-corrected chi connectivity index (χ0v) is 15.7. The molecule has 2 aromatic carbocycles. The molecule has 0 aliphatic carbocycles. The summed E-state index contributed by atoms with van der Waals surface area (Å²) in [5, 5.41) is 21.8. The fourth-order valence-electron chi connectivity index (χ4n) is 2.78. The number of aliphatic hydroxyl groups is 2. The van der Waals surface area contributed by atoms with Crippen molar-refractivity contribution in [2.45, 2.75) is 24.9 Å². The molecule has 2 N–H and O–H groups in total. The average Bonchev–Trinajstić information content (AvgIpc) is 3.08. The number of rotatable bonds is 5. The van der Waals surface area contributed by atoms with Crippen LogP contribution in [0, 0.1) is 0 Å². The molecule has 3 rings (SSSR count). The number of aromatic nitrogens is 2. The van der Waals surface area contributed by atoms with Crippen molar-refractivity contribution in [1.82, 2.24) is 9.55 Å². The summed E-state index contributed by atoms with van der Waals surface area (Å²) in [6, 6.07) is 8.88. The summed E-state index contributed by atoms with van der Waals surface area (Å²) in [6.45, 7) is 0.0361. The van der Waals surface area contributed by atoms with Crippen LogP contribution >= 0.6 is 23.2 Å². The molecule has 2 unspecified atom stereocenters. The Bertz CT molecular complexity index is 959. The Morgan fingerprint density at radius 2 is 1.71 bits per heavy atom. The number of imidazole rings is 1. The molecular formula is C19H15Cl2F3N2O2. The van der Waals surface area contributed by atoms with E-state index in [2.05, 4.69) is 4.98 Å². The van der Waals surface area contributed by atoms with E-state index in [1.807, 2.05) is 0 Å². The first-order valence-electron chi connectivity index (χ1n) is 8.16. The maximum Gasteiger partial charge on any atom is 0.416 e. The summed E-state index contributed by atoms with van der Waals surface area (Å²) in [7, 11) is 0. The first-order chi connectivity index (χ1) is 13.2. The van der Waals surface area contributed by atoms with Gasteiger partial charge in [-0.05, 0) is 29.8 Å². The Morgan fingerprint density at radius 1 is 1.04 bits per heavy atom. The lowest BCUT2D eigenvalue weighted by Crippen LogP contribution is -2.15. The highest BCUT2D eigenvalue weighted by Gasteiger charge is 2.30. The van der Waals surface area contributed by atoms with Crippen molar-refractivity contribution in [3.05, 3.63) is 87.4 Å². The van der Waals surface area contributed by atoms with Gasteiger partial charge in [-0.1, -0.05) is 41.4 Å². The molecule has 0 aliphatic heterocycles. The SMILES string of the molecule is OC(Cn1ccnc1C(O)c1ccc(C(F)(F)F)cc1)c1ccc(Cl)cc1Cl. The number of aliphatic hydroxyl groups excluding tert-OH is 2. The zero-order chi connectivity index (χ0) is 20.5. The second-order valence-electron chi connectivity index (χ2n) is 6.14. The summed E-state index contributed by atoms with van der Waals surface area (Å²) in [5.41, 5.74) is -0.103. The van der Waals surface area contributed by atoms with Crippen LogP contribution in [0.5, 0.6) is 0 Å². The second kappa shape index (κ2) is 8.13. The van der Waals surface area contributed by atoms with Crippen LogP contribution in [-0.4, -0.2) is 19.8 Å². The molecule has 0 spiro atoms. The van der Waals surface area contributed by atoms with Crippen molar-refractivity contribution in [1.29, 1.82) is 0 Å². The third-order valence-electron chi connectivity index (χ3n) is 4.24. The molecule has 9 heteroatoms. The topological polar surface area (TPSA) is 58.3 Å². The molecule has 28 heavy (non-hydrogen) atoms. The smallest absolute Gasteiger partial charge is 0.386 e. The largest absolute Gasteiger partial charge is 0.416 e. The van der Waals surface area contributed by atoms with Crippen molar-refractivity contribution in [3.8, 4) is 0 Å². The van der Waals surface area contributed by atoms with Crippen molar-refractivity contribution >= 4 is 23.2 Å². The molecule has 0 radical (unpaired) electrons. The number of alkyl halides is 3. The van der Waals surface area contributed by atoms with Crippen molar-refractivity contribution in [2.24, 2.45) is 0 Å². The van der Waals surface area contributed by atoms with Gasteiger partial charge >= 0.3 is 6.18 Å². The van der Waals surface area contributed by atoms with Crippen molar-refractivity contribution in [2.75, 3.05) is 0 Å². The van der Waals surface area contributed by atoms with Gasteiger partial charge in [0.05, 0.1) is 18.2 Å². The molecule has 0 saturated heterocycles. The Labute approximate surface area is 168 Å². The summed E-state index contributed by atoms with van der Waals surface area (Å²) < 4.78 is 39.6. The molecule has 2 atom stereocenters. The predicted octanol–water partition coefficient (Wildman–Crippen LogP) is 5.02. The maximum absolute atomic E-state index is 12.7. The highest BCUT2D eigenvalue weighted by atomic mass is 35.5. The Hall–Kier alpha value is -2.06. The molecule has 148 valence electrons. The van der Waals surface area contributed by atoms with Gasteiger partial charge in [-0.2, -0.15) is 13.2 Å². The molecule has 3 aromatic rings. The highest BCUT2D eigenvalue weighted by molar-refractivity contribution is 6.35. The van der Waals surface area contributed by atoms with Crippen molar-refractivity contribution < 1.29 is 23.4 Å². The van der Waals surface area contributed by atoms with Gasteiger partial charge in [0.15, 0.2) is 0 Å². The van der Waals surface area contributed by atoms with E-state index in [1.54, 1.807) is 18.3 Å². The number of halogens is 5. The molecule has 1 heterocycles. The van der Waals surface area contributed by atoms with Crippen molar-refractivity contribution in [3.63, 3.8) is 0 Å². The quantitative estimate of drug-likeness (QED) is 0.596. The Morgan fingerprint density at radius 3 is 2.32 bits per heavy atom. The van der Waals surface area contributed by atoms with Gasteiger partial charge in [0, 0.05) is 28.0 Å². The normalized spacial score (nSPS) is 14.1. The van der Waals surface area contributed by atoms with Crippen LogP contribution in [0.2, 0.25) is 10.0 Å². The number of hydrogen-bond donors (Lipinski definition) is 2. The third kappa shape index (κ3) is 4.50. The fraction of sp³-hybridized carbons (Fsp3) is 0.211. The van der Waals surface area contributed by atoms with Gasteiger partial charge in [-0.15, -0.1) is 0 Å². The summed E-state index contributed by atoms with van der Waals surface area (Å²) in [6.07, 6.45) is -3.74. The van der Waals surface area contributed by atoms with Crippen LogP contribution in [0.3, 0.4) is 0 Å². The lowest BCUT2D eigenvalue weighted by molar-refractivity contribution is -0.137. The van der Waals surface area contributed by atoms with E-state index in [-0.39, 0.29) is 17.9 Å². The van der Waals surface area contributed by atoms with E-state index in [9.17, 15) is 23.4 Å². The van der Waals surface area contributed by atoms with Crippen LogP contribution in [0.25, 0.3) is 0 Å². The number of nitrogens with zero attached hydrogens (tertiary/aromatic N) is 2. The van der Waals surface area contributed by atoms with E-state index in [1.165, 1.54) is 29.0 Å². The average molecular weight is 431 g/mol. The van der Waals surface area contributed by atoms with Gasteiger partial charge in [-0.25, -0.2) is 4.98 Å². The second-order valence-corrected chi connectivity index (χ2v) is 6.99. The first-order valence-corrected chi connectivity index (χ1v) is 8.91. The summed E-state index contributed by atoms with van der Waals surface area (Å²) >= 11 is 12.0. The van der Waals surface area contributed by atoms with E-state index in [0.29, 0.717) is 15.6 Å². The van der Waals surface area contributed by atoms with Gasteiger partial charge in [-0.3, -0.25) is 0 Å². The van der Waals surface area contributed by atoms with Crippen LogP contribution in [0.4, 0.5) is 13.2 Å². The minimum atomic E-state index is -4.45. The third-order valence-corrected chi connectivity index (χ3v) is 4.80. The molecular weight excluding hydrogens is 416 g/mol. The van der Waals surface area contributed by atoms with E-state index >= 15 is 0 Å². The highest BCUT2D eigenvalue weighted by Crippen LogP contribution is 2.31. The van der Waals surface area contributed by atoms with Crippen LogP contribution in [0.15, 0.2) is 54.9 Å². The molecule has 0 amide bonds. The molecule has 0 saturated carbocycles. The Balaban J connectivity index is 1.81. The minimum Gasteiger partial charge on any atom is -0.386 e. The number of benzene rings is 2.